The molecule has 0 N–H and O–H groups in total. The maximum Gasteiger partial charge on any atom is 0.227 e. The van der Waals surface area contributed by atoms with Gasteiger partial charge in [0.05, 0.1) is 0 Å². The number of aromatic nitrogens is 1. The molecule has 21 heavy (non-hydrogen) atoms. The Morgan fingerprint density at radius 3 is 2.38 bits per heavy atom. The molecule has 0 aliphatic rings. The van der Waals surface area contributed by atoms with Gasteiger partial charge in [-0.1, -0.05) is 54.9 Å². The molecule has 0 aliphatic carbocycles. The van der Waals surface area contributed by atoms with Gasteiger partial charge in [0.25, 0.3) is 0 Å². The Morgan fingerprint density at radius 1 is 1.05 bits per heavy atom. The zero-order valence-electron chi connectivity index (χ0n) is 12.5. The molecular weight excluding hydrogens is 326 g/mol. The largest absolute Gasteiger partial charge is 0.436 e. The number of oxazole rings is 1. The molecule has 0 fully saturated rings. The quantitative estimate of drug-likeness (QED) is 0.559. The molecule has 0 bridgehead atoms. The van der Waals surface area contributed by atoms with Crippen LogP contribution in [0.2, 0.25) is 0 Å². The summed E-state index contributed by atoms with van der Waals surface area (Å²) >= 11 is 3.45. The van der Waals surface area contributed by atoms with Gasteiger partial charge in [0, 0.05) is 10.9 Å². The van der Waals surface area contributed by atoms with Crippen molar-refractivity contribution in [3.63, 3.8) is 0 Å². The van der Waals surface area contributed by atoms with Gasteiger partial charge in [-0.2, -0.15) is 0 Å². The van der Waals surface area contributed by atoms with Crippen LogP contribution in [-0.4, -0.2) is 4.98 Å². The average Bonchev–Trinajstić information content (AvgIpc) is 2.89. The SMILES string of the molecule is CC(C)(C)c1ccc2oc(-c3ccc(CBr)cc3)nc2c1. The van der Waals surface area contributed by atoms with E-state index in [4.69, 9.17) is 4.42 Å². The lowest BCUT2D eigenvalue weighted by Gasteiger charge is -2.18. The molecule has 108 valence electrons. The van der Waals surface area contributed by atoms with Crippen LogP contribution in [0, 0.1) is 0 Å². The molecule has 0 unspecified atom stereocenters. The fourth-order valence-corrected chi connectivity index (χ4v) is 2.63. The molecule has 3 aromatic rings. The number of nitrogens with zero attached hydrogens (tertiary/aromatic N) is 1. The molecule has 0 saturated carbocycles. The van der Waals surface area contributed by atoms with E-state index in [1.807, 2.05) is 18.2 Å². The summed E-state index contributed by atoms with van der Waals surface area (Å²) in [6.07, 6.45) is 0. The van der Waals surface area contributed by atoms with Gasteiger partial charge < -0.3 is 4.42 Å². The lowest BCUT2D eigenvalue weighted by molar-refractivity contribution is 0.590. The normalized spacial score (nSPS) is 12.0. The van der Waals surface area contributed by atoms with E-state index in [0.717, 1.165) is 22.0 Å². The summed E-state index contributed by atoms with van der Waals surface area (Å²) in [6.45, 7) is 6.61. The van der Waals surface area contributed by atoms with Crippen LogP contribution in [0.5, 0.6) is 0 Å². The van der Waals surface area contributed by atoms with Crippen molar-refractivity contribution in [3.8, 4) is 11.5 Å². The monoisotopic (exact) mass is 343 g/mol. The number of halogens is 1. The third-order valence-electron chi connectivity index (χ3n) is 3.61. The highest BCUT2D eigenvalue weighted by Crippen LogP contribution is 2.29. The van der Waals surface area contributed by atoms with Crippen molar-refractivity contribution in [1.29, 1.82) is 0 Å². The fourth-order valence-electron chi connectivity index (χ4n) is 2.25. The summed E-state index contributed by atoms with van der Waals surface area (Å²) in [4.78, 5) is 4.63. The van der Waals surface area contributed by atoms with Gasteiger partial charge >= 0.3 is 0 Å². The van der Waals surface area contributed by atoms with E-state index < -0.39 is 0 Å². The van der Waals surface area contributed by atoms with Crippen LogP contribution in [0.1, 0.15) is 31.9 Å². The fraction of sp³-hybridized carbons (Fsp3) is 0.278. The second-order valence-electron chi connectivity index (χ2n) is 6.28. The van der Waals surface area contributed by atoms with E-state index >= 15 is 0 Å². The van der Waals surface area contributed by atoms with Gasteiger partial charge in [-0.25, -0.2) is 4.98 Å². The summed E-state index contributed by atoms with van der Waals surface area (Å²) in [5, 5.41) is 0.857. The van der Waals surface area contributed by atoms with E-state index in [1.54, 1.807) is 0 Å². The Labute approximate surface area is 133 Å². The van der Waals surface area contributed by atoms with Gasteiger partial charge in [-0.3, -0.25) is 0 Å². The van der Waals surface area contributed by atoms with Crippen LogP contribution in [0.4, 0.5) is 0 Å². The van der Waals surface area contributed by atoms with Gasteiger partial charge in [0.1, 0.15) is 5.52 Å². The van der Waals surface area contributed by atoms with Crippen molar-refractivity contribution in [2.45, 2.75) is 31.5 Å². The van der Waals surface area contributed by atoms with Gasteiger partial charge in [-0.15, -0.1) is 0 Å². The molecule has 0 atom stereocenters. The maximum absolute atomic E-state index is 5.87. The lowest BCUT2D eigenvalue weighted by atomic mass is 9.87. The van der Waals surface area contributed by atoms with E-state index in [2.05, 4.69) is 66.0 Å². The van der Waals surface area contributed by atoms with Crippen molar-refractivity contribution in [1.82, 2.24) is 4.98 Å². The lowest BCUT2D eigenvalue weighted by Crippen LogP contribution is -2.10. The highest BCUT2D eigenvalue weighted by atomic mass is 79.9. The predicted octanol–water partition coefficient (Wildman–Crippen LogP) is 5.69. The topological polar surface area (TPSA) is 26.0 Å². The van der Waals surface area contributed by atoms with Crippen molar-refractivity contribution in [2.24, 2.45) is 0 Å². The summed E-state index contributed by atoms with van der Waals surface area (Å²) in [7, 11) is 0. The van der Waals surface area contributed by atoms with Crippen LogP contribution >= 0.6 is 15.9 Å². The van der Waals surface area contributed by atoms with Crippen LogP contribution in [0.15, 0.2) is 46.9 Å². The van der Waals surface area contributed by atoms with E-state index in [1.165, 1.54) is 11.1 Å². The molecule has 1 heterocycles. The average molecular weight is 344 g/mol. The van der Waals surface area contributed by atoms with E-state index in [0.29, 0.717) is 5.89 Å². The predicted molar refractivity (Wildman–Crippen MR) is 90.8 cm³/mol. The van der Waals surface area contributed by atoms with Crippen LogP contribution in [0.3, 0.4) is 0 Å². The van der Waals surface area contributed by atoms with Gasteiger partial charge in [0.2, 0.25) is 5.89 Å². The molecule has 0 saturated heterocycles. The molecule has 0 amide bonds. The van der Waals surface area contributed by atoms with Crippen molar-refractivity contribution in [3.05, 3.63) is 53.6 Å². The first-order valence-electron chi connectivity index (χ1n) is 7.04. The van der Waals surface area contributed by atoms with E-state index in [9.17, 15) is 0 Å². The Balaban J connectivity index is 2.04. The molecule has 3 rings (SSSR count). The van der Waals surface area contributed by atoms with Crippen LogP contribution in [-0.2, 0) is 10.7 Å². The minimum Gasteiger partial charge on any atom is -0.436 e. The number of hydrogen-bond donors (Lipinski definition) is 0. The molecule has 2 nitrogen and oxygen atoms in total. The minimum absolute atomic E-state index is 0.116. The smallest absolute Gasteiger partial charge is 0.227 e. The highest BCUT2D eigenvalue weighted by molar-refractivity contribution is 9.08. The molecule has 0 spiro atoms. The summed E-state index contributed by atoms with van der Waals surface area (Å²) < 4.78 is 5.87. The Kier molecular flexibility index (Phi) is 3.62. The minimum atomic E-state index is 0.116. The summed E-state index contributed by atoms with van der Waals surface area (Å²) in [6, 6.07) is 14.5. The Bertz CT molecular complexity index is 766. The van der Waals surface area contributed by atoms with E-state index in [-0.39, 0.29) is 5.41 Å². The van der Waals surface area contributed by atoms with Gasteiger partial charge in [-0.05, 0) is 40.8 Å². The first kappa shape index (κ1) is 14.3. The molecule has 2 aromatic carbocycles. The second-order valence-corrected chi connectivity index (χ2v) is 6.84. The number of hydrogen-bond acceptors (Lipinski definition) is 2. The van der Waals surface area contributed by atoms with Crippen molar-refractivity contribution >= 4 is 27.0 Å². The summed E-state index contributed by atoms with van der Waals surface area (Å²) in [5.41, 5.74) is 5.39. The molecule has 3 heteroatoms. The molecule has 0 aliphatic heterocycles. The molecular formula is C18H18BrNO. The Hall–Kier alpha value is -1.61. The number of alkyl halides is 1. The number of rotatable bonds is 2. The van der Waals surface area contributed by atoms with Crippen molar-refractivity contribution < 1.29 is 4.42 Å². The van der Waals surface area contributed by atoms with Gasteiger partial charge in [0.15, 0.2) is 5.58 Å². The molecule has 1 aromatic heterocycles. The zero-order valence-corrected chi connectivity index (χ0v) is 14.1. The number of fused-ring (bicyclic) bond motifs is 1. The third kappa shape index (κ3) is 2.88. The first-order chi connectivity index (χ1) is 9.97. The third-order valence-corrected chi connectivity index (χ3v) is 4.26. The van der Waals surface area contributed by atoms with Crippen molar-refractivity contribution in [2.75, 3.05) is 0 Å². The van der Waals surface area contributed by atoms with Crippen LogP contribution in [0.25, 0.3) is 22.6 Å². The maximum atomic E-state index is 5.87. The molecule has 0 radical (unpaired) electrons. The zero-order chi connectivity index (χ0) is 15.0. The Morgan fingerprint density at radius 2 is 1.76 bits per heavy atom. The highest BCUT2D eigenvalue weighted by Gasteiger charge is 2.16. The second kappa shape index (κ2) is 5.30. The number of benzene rings is 2. The summed E-state index contributed by atoms with van der Waals surface area (Å²) in [5.74, 6) is 0.678. The van der Waals surface area contributed by atoms with Crippen LogP contribution < -0.4 is 0 Å². The standard InChI is InChI=1S/C18H18BrNO/c1-18(2,3)14-8-9-16-15(10-14)20-17(21-16)13-6-4-12(11-19)5-7-13/h4-10H,11H2,1-3H3. The first-order valence-corrected chi connectivity index (χ1v) is 8.16.